The van der Waals surface area contributed by atoms with Gasteiger partial charge in [-0.1, -0.05) is 72.8 Å². The number of nitrogens with zero attached hydrogens (tertiary/aromatic N) is 3. The molecule has 3 aromatic rings. The van der Waals surface area contributed by atoms with E-state index in [1.807, 2.05) is 60.7 Å². The number of rotatable bonds is 11. The summed E-state index contributed by atoms with van der Waals surface area (Å²) in [6.07, 6.45) is 0.135. The molecule has 0 radical (unpaired) electrons. The van der Waals surface area contributed by atoms with Crippen molar-refractivity contribution < 1.29 is 28.8 Å². The van der Waals surface area contributed by atoms with Gasteiger partial charge in [0.1, 0.15) is 19.3 Å². The number of carbonyl (C=O) groups is 3. The number of amides is 1. The largest absolute Gasteiger partial charge is 0.460 e. The third kappa shape index (κ3) is 7.96. The van der Waals surface area contributed by atoms with Gasteiger partial charge in [-0.05, 0) is 16.7 Å². The van der Waals surface area contributed by atoms with Crippen LogP contribution < -0.4 is 0 Å². The van der Waals surface area contributed by atoms with Gasteiger partial charge in [0.2, 0.25) is 5.91 Å². The molecule has 10 nitrogen and oxygen atoms in total. The first-order valence-electron chi connectivity index (χ1n) is 12.5. The van der Waals surface area contributed by atoms with Crippen LogP contribution >= 0.6 is 0 Å². The van der Waals surface area contributed by atoms with E-state index >= 15 is 0 Å². The predicted octanol–water partition coefficient (Wildman–Crippen LogP) is 3.14. The fraction of sp³-hybridized carbons (Fsp3) is 0.276. The molecule has 4 rings (SSSR count). The van der Waals surface area contributed by atoms with Gasteiger partial charge in [-0.2, -0.15) is 0 Å². The molecule has 0 spiro atoms. The molecule has 1 aliphatic rings. The number of carbonyl (C=O) groups excluding carboxylic acids is 3. The highest BCUT2D eigenvalue weighted by Crippen LogP contribution is 2.19. The smallest absolute Gasteiger partial charge is 0.329 e. The van der Waals surface area contributed by atoms with E-state index in [0.29, 0.717) is 12.1 Å². The molecule has 39 heavy (non-hydrogen) atoms. The molecule has 1 fully saturated rings. The number of ether oxygens (including phenoxy) is 2. The first kappa shape index (κ1) is 27.5. The highest BCUT2D eigenvalue weighted by molar-refractivity contribution is 5.87. The molecule has 0 aromatic heterocycles. The van der Waals surface area contributed by atoms with Crippen LogP contribution in [0, 0.1) is 10.1 Å². The zero-order chi connectivity index (χ0) is 27.6. The number of nitro groups is 1. The predicted molar refractivity (Wildman–Crippen MR) is 141 cm³/mol. The summed E-state index contributed by atoms with van der Waals surface area (Å²) in [6, 6.07) is 23.5. The number of hydrogen-bond acceptors (Lipinski definition) is 8. The van der Waals surface area contributed by atoms with Crippen LogP contribution in [0.15, 0.2) is 84.9 Å². The van der Waals surface area contributed by atoms with Crippen LogP contribution in [0.25, 0.3) is 0 Å². The van der Waals surface area contributed by atoms with Gasteiger partial charge in [0.05, 0.1) is 18.0 Å². The molecular weight excluding hydrogens is 502 g/mol. The lowest BCUT2D eigenvalue weighted by Gasteiger charge is -2.37. The minimum atomic E-state index is -0.921. The van der Waals surface area contributed by atoms with Gasteiger partial charge in [-0.25, -0.2) is 4.79 Å². The van der Waals surface area contributed by atoms with E-state index in [0.717, 1.165) is 11.1 Å². The van der Waals surface area contributed by atoms with Crippen molar-refractivity contribution in [2.45, 2.75) is 25.7 Å². The molecule has 0 saturated carbocycles. The lowest BCUT2D eigenvalue weighted by molar-refractivity contribution is -0.384. The van der Waals surface area contributed by atoms with E-state index in [4.69, 9.17) is 9.47 Å². The van der Waals surface area contributed by atoms with E-state index in [9.17, 15) is 24.5 Å². The monoisotopic (exact) mass is 531 g/mol. The van der Waals surface area contributed by atoms with Crippen LogP contribution in [0.2, 0.25) is 0 Å². The van der Waals surface area contributed by atoms with Crippen molar-refractivity contribution in [1.82, 2.24) is 9.80 Å². The van der Waals surface area contributed by atoms with Crippen molar-refractivity contribution >= 4 is 23.5 Å². The number of hydrogen-bond donors (Lipinski definition) is 0. The van der Waals surface area contributed by atoms with E-state index in [1.165, 1.54) is 17.0 Å². The number of esters is 2. The Labute approximate surface area is 225 Å². The van der Waals surface area contributed by atoms with Crippen LogP contribution in [0.1, 0.15) is 16.7 Å². The molecule has 0 aliphatic carbocycles. The first-order chi connectivity index (χ1) is 18.9. The van der Waals surface area contributed by atoms with Gasteiger partial charge in [0, 0.05) is 31.6 Å². The molecule has 1 atom stereocenters. The second-order valence-corrected chi connectivity index (χ2v) is 9.18. The molecular formula is C29H29N3O7. The Kier molecular flexibility index (Phi) is 9.36. The highest BCUT2D eigenvalue weighted by atomic mass is 16.6. The van der Waals surface area contributed by atoms with Crippen LogP contribution in [-0.2, 0) is 43.5 Å². The minimum Gasteiger partial charge on any atom is -0.460 e. The number of benzene rings is 3. The number of nitro benzene ring substituents is 1. The summed E-state index contributed by atoms with van der Waals surface area (Å²) < 4.78 is 10.9. The standard InChI is InChI=1S/C29H29N3O7/c33-27-18-30(19-28(34)38-20-23-7-3-1-4-8-23)15-16-31(27)26(17-22-11-13-25(14-12-22)32(36)37)29(35)39-21-24-9-5-2-6-10-24/h1-14,26H,15-21H2/t26-/m1/s1. The van der Waals surface area contributed by atoms with E-state index in [2.05, 4.69) is 0 Å². The van der Waals surface area contributed by atoms with E-state index in [1.54, 1.807) is 17.0 Å². The summed E-state index contributed by atoms with van der Waals surface area (Å²) >= 11 is 0. The Hall–Kier alpha value is -4.57. The molecule has 0 unspecified atom stereocenters. The molecule has 0 bridgehead atoms. The molecule has 10 heteroatoms. The average Bonchev–Trinajstić information content (AvgIpc) is 2.95. The third-order valence-corrected chi connectivity index (χ3v) is 6.38. The van der Waals surface area contributed by atoms with Crippen molar-refractivity contribution in [1.29, 1.82) is 0 Å². The summed E-state index contributed by atoms with van der Waals surface area (Å²) in [5.41, 5.74) is 2.27. The lowest BCUT2D eigenvalue weighted by Crippen LogP contribution is -2.57. The summed E-state index contributed by atoms with van der Waals surface area (Å²) in [4.78, 5) is 52.4. The molecule has 1 aliphatic heterocycles. The van der Waals surface area contributed by atoms with E-state index in [-0.39, 0.29) is 50.9 Å². The summed E-state index contributed by atoms with van der Waals surface area (Å²) in [5, 5.41) is 11.0. The van der Waals surface area contributed by atoms with Gasteiger partial charge in [-0.15, -0.1) is 0 Å². The van der Waals surface area contributed by atoms with E-state index < -0.39 is 22.9 Å². The van der Waals surface area contributed by atoms with Crippen LogP contribution in [0.5, 0.6) is 0 Å². The number of non-ortho nitro benzene ring substituents is 1. The molecule has 3 aromatic carbocycles. The fourth-order valence-electron chi connectivity index (χ4n) is 4.29. The molecule has 202 valence electrons. The van der Waals surface area contributed by atoms with Gasteiger partial charge in [0.15, 0.2) is 0 Å². The Morgan fingerprint density at radius 2 is 1.41 bits per heavy atom. The SMILES string of the molecule is O=C(CN1CCN([C@H](Cc2ccc([N+](=O)[O-])cc2)C(=O)OCc2ccccc2)C(=O)C1)OCc1ccccc1. The van der Waals surface area contributed by atoms with Gasteiger partial charge in [0.25, 0.3) is 5.69 Å². The fourth-order valence-corrected chi connectivity index (χ4v) is 4.29. The molecule has 1 saturated heterocycles. The van der Waals surface area contributed by atoms with Gasteiger partial charge >= 0.3 is 11.9 Å². The van der Waals surface area contributed by atoms with Crippen LogP contribution in [0.3, 0.4) is 0 Å². The molecule has 1 heterocycles. The lowest BCUT2D eigenvalue weighted by atomic mass is 10.0. The van der Waals surface area contributed by atoms with Gasteiger partial charge in [-0.3, -0.25) is 24.6 Å². The topological polar surface area (TPSA) is 119 Å². The van der Waals surface area contributed by atoms with Crippen LogP contribution in [-0.4, -0.2) is 64.8 Å². The maximum Gasteiger partial charge on any atom is 0.329 e. The molecule has 1 amide bonds. The highest BCUT2D eigenvalue weighted by Gasteiger charge is 2.35. The second kappa shape index (κ2) is 13.3. The second-order valence-electron chi connectivity index (χ2n) is 9.18. The zero-order valence-corrected chi connectivity index (χ0v) is 21.3. The molecule has 0 N–H and O–H groups in total. The van der Waals surface area contributed by atoms with Crippen molar-refractivity contribution in [3.8, 4) is 0 Å². The first-order valence-corrected chi connectivity index (χ1v) is 12.5. The Morgan fingerprint density at radius 3 is 1.97 bits per heavy atom. The summed E-state index contributed by atoms with van der Waals surface area (Å²) in [7, 11) is 0. The average molecular weight is 532 g/mol. The normalized spacial score (nSPS) is 14.5. The zero-order valence-electron chi connectivity index (χ0n) is 21.3. The number of piperazine rings is 1. The Balaban J connectivity index is 1.39. The Bertz CT molecular complexity index is 1280. The minimum absolute atomic E-state index is 0.0438. The van der Waals surface area contributed by atoms with Crippen molar-refractivity contribution in [2.75, 3.05) is 26.2 Å². The maximum atomic E-state index is 13.2. The van der Waals surface area contributed by atoms with Crippen molar-refractivity contribution in [2.24, 2.45) is 0 Å². The third-order valence-electron chi connectivity index (χ3n) is 6.38. The maximum absolute atomic E-state index is 13.2. The quantitative estimate of drug-likeness (QED) is 0.210. The van der Waals surface area contributed by atoms with Crippen molar-refractivity contribution in [3.63, 3.8) is 0 Å². The summed E-state index contributed by atoms with van der Waals surface area (Å²) in [6.45, 7) is 0.689. The Morgan fingerprint density at radius 1 is 0.821 bits per heavy atom. The summed E-state index contributed by atoms with van der Waals surface area (Å²) in [5.74, 6) is -1.33. The van der Waals surface area contributed by atoms with Crippen molar-refractivity contribution in [3.05, 3.63) is 112 Å². The van der Waals surface area contributed by atoms with Crippen LogP contribution in [0.4, 0.5) is 5.69 Å². The van der Waals surface area contributed by atoms with Gasteiger partial charge < -0.3 is 14.4 Å².